The van der Waals surface area contributed by atoms with Crippen LogP contribution in [0.2, 0.25) is 0 Å². The van der Waals surface area contributed by atoms with Crippen LogP contribution in [0, 0.1) is 6.92 Å². The van der Waals surface area contributed by atoms with E-state index in [1.807, 2.05) is 0 Å². The molecule has 4 rings (SSSR count). The summed E-state index contributed by atoms with van der Waals surface area (Å²) >= 11 is 0. The highest BCUT2D eigenvalue weighted by atomic mass is 19.4. The molecule has 0 bridgehead atoms. The van der Waals surface area contributed by atoms with Crippen molar-refractivity contribution in [3.63, 3.8) is 0 Å². The molecule has 0 unspecified atom stereocenters. The minimum atomic E-state index is -4.76. The zero-order valence-electron chi connectivity index (χ0n) is 15.5. The Labute approximate surface area is 167 Å². The van der Waals surface area contributed by atoms with E-state index in [1.54, 1.807) is 31.2 Å². The number of hydrogen-bond acceptors (Lipinski definition) is 4. The fourth-order valence-electron chi connectivity index (χ4n) is 3.28. The highest BCUT2D eigenvalue weighted by Crippen LogP contribution is 2.39. The molecule has 4 aromatic rings. The molecule has 2 heterocycles. The van der Waals surface area contributed by atoms with Gasteiger partial charge in [-0.05, 0) is 37.3 Å². The van der Waals surface area contributed by atoms with Gasteiger partial charge in [0.05, 0.1) is 27.9 Å². The third-order valence-corrected chi connectivity index (χ3v) is 4.52. The van der Waals surface area contributed by atoms with Crippen LogP contribution in [-0.4, -0.2) is 25.7 Å². The fraction of sp³-hybridized carbons (Fsp3) is 0.100. The molecule has 30 heavy (non-hydrogen) atoms. The number of alkyl halides is 3. The van der Waals surface area contributed by atoms with Gasteiger partial charge in [-0.25, -0.2) is 4.98 Å². The van der Waals surface area contributed by atoms with E-state index in [2.05, 4.69) is 15.1 Å². The number of nitrogens with one attached hydrogen (secondary N) is 1. The smallest absolute Gasteiger partial charge is 0.366 e. The van der Waals surface area contributed by atoms with Crippen LogP contribution in [0.4, 0.5) is 13.2 Å². The minimum Gasteiger partial charge on any atom is -0.366 e. The highest BCUT2D eigenvalue weighted by molar-refractivity contribution is 6.00. The summed E-state index contributed by atoms with van der Waals surface area (Å²) in [5.41, 5.74) is 3.68. The van der Waals surface area contributed by atoms with Crippen LogP contribution >= 0.6 is 0 Å². The first-order valence-corrected chi connectivity index (χ1v) is 8.73. The molecule has 0 saturated heterocycles. The number of para-hydroxylation sites is 1. The summed E-state index contributed by atoms with van der Waals surface area (Å²) in [6, 6.07) is 11.1. The lowest BCUT2D eigenvalue weighted by molar-refractivity contribution is -0.137. The first-order valence-electron chi connectivity index (χ1n) is 8.73. The number of H-pyrrole nitrogens is 1. The summed E-state index contributed by atoms with van der Waals surface area (Å²) in [4.78, 5) is 31.2. The standard InChI is InChI=1S/C20H14F3N5O2/c1-10-9-15(16-12(17(24)29)6-4-7-13(16)20(21,22)23)28(27-10)19-25-14-8-3-2-5-11(14)18(30)26-19/h2-9H,1H3,(H2,24,29)(H,25,26,30). The summed E-state index contributed by atoms with van der Waals surface area (Å²) < 4.78 is 42.3. The molecular formula is C20H14F3N5O2. The average molecular weight is 413 g/mol. The Morgan fingerprint density at radius 2 is 1.87 bits per heavy atom. The van der Waals surface area contributed by atoms with Crippen molar-refractivity contribution in [2.45, 2.75) is 13.1 Å². The van der Waals surface area contributed by atoms with Gasteiger partial charge in [-0.3, -0.25) is 14.6 Å². The van der Waals surface area contributed by atoms with Crippen LogP contribution in [0.1, 0.15) is 21.6 Å². The summed E-state index contributed by atoms with van der Waals surface area (Å²) in [6.07, 6.45) is -4.76. The maximum atomic E-state index is 13.7. The number of rotatable bonds is 3. The number of fused-ring (bicyclic) bond motifs is 1. The number of primary amides is 1. The van der Waals surface area contributed by atoms with Gasteiger partial charge < -0.3 is 5.73 Å². The molecule has 10 heteroatoms. The Morgan fingerprint density at radius 1 is 1.13 bits per heavy atom. The molecule has 0 aliphatic carbocycles. The quantitative estimate of drug-likeness (QED) is 0.538. The van der Waals surface area contributed by atoms with Crippen LogP contribution in [0.15, 0.2) is 53.3 Å². The number of aromatic amines is 1. The third-order valence-electron chi connectivity index (χ3n) is 4.52. The van der Waals surface area contributed by atoms with Gasteiger partial charge in [-0.2, -0.15) is 23.0 Å². The number of nitrogens with zero attached hydrogens (tertiary/aromatic N) is 3. The lowest BCUT2D eigenvalue weighted by Gasteiger charge is -2.16. The predicted octanol–water partition coefficient (Wildman–Crippen LogP) is 3.20. The fourth-order valence-corrected chi connectivity index (χ4v) is 3.28. The van der Waals surface area contributed by atoms with Crippen LogP contribution in [0.3, 0.4) is 0 Å². The van der Waals surface area contributed by atoms with Gasteiger partial charge in [0.1, 0.15) is 0 Å². The Bertz CT molecular complexity index is 1350. The second kappa shape index (κ2) is 6.83. The number of hydrogen-bond donors (Lipinski definition) is 2. The van der Waals surface area contributed by atoms with E-state index in [0.717, 1.165) is 16.8 Å². The number of aryl methyl sites for hydroxylation is 1. The highest BCUT2D eigenvalue weighted by Gasteiger charge is 2.36. The van der Waals surface area contributed by atoms with E-state index >= 15 is 0 Å². The zero-order chi connectivity index (χ0) is 21.6. The van der Waals surface area contributed by atoms with Gasteiger partial charge in [-0.1, -0.05) is 18.2 Å². The lowest BCUT2D eigenvalue weighted by Crippen LogP contribution is -2.19. The van der Waals surface area contributed by atoms with E-state index in [9.17, 15) is 22.8 Å². The maximum Gasteiger partial charge on any atom is 0.417 e. The topological polar surface area (TPSA) is 107 Å². The van der Waals surface area contributed by atoms with Gasteiger partial charge in [-0.15, -0.1) is 0 Å². The summed E-state index contributed by atoms with van der Waals surface area (Å²) in [5, 5.41) is 4.51. The van der Waals surface area contributed by atoms with Gasteiger partial charge in [0.15, 0.2) is 0 Å². The van der Waals surface area contributed by atoms with E-state index in [1.165, 1.54) is 12.1 Å². The Kier molecular flexibility index (Phi) is 4.41. The summed E-state index contributed by atoms with van der Waals surface area (Å²) in [6.45, 7) is 1.57. The van der Waals surface area contributed by atoms with E-state index in [4.69, 9.17) is 5.73 Å². The van der Waals surface area contributed by atoms with Crippen LogP contribution < -0.4 is 11.3 Å². The van der Waals surface area contributed by atoms with Crippen molar-refractivity contribution in [3.8, 4) is 17.2 Å². The normalized spacial score (nSPS) is 11.7. The van der Waals surface area contributed by atoms with Crippen LogP contribution in [0.5, 0.6) is 0 Å². The number of carbonyl (C=O) groups is 1. The van der Waals surface area contributed by atoms with Crippen molar-refractivity contribution in [1.29, 1.82) is 0 Å². The average Bonchev–Trinajstić information content (AvgIpc) is 3.08. The molecule has 0 fully saturated rings. The molecule has 1 amide bonds. The lowest BCUT2D eigenvalue weighted by atomic mass is 9.97. The van der Waals surface area contributed by atoms with Crippen molar-refractivity contribution in [3.05, 3.63) is 75.7 Å². The van der Waals surface area contributed by atoms with Gasteiger partial charge >= 0.3 is 6.18 Å². The zero-order valence-corrected chi connectivity index (χ0v) is 15.5. The second-order valence-corrected chi connectivity index (χ2v) is 6.58. The molecule has 3 N–H and O–H groups in total. The Morgan fingerprint density at radius 3 is 2.57 bits per heavy atom. The molecule has 152 valence electrons. The van der Waals surface area contributed by atoms with Crippen molar-refractivity contribution in [2.75, 3.05) is 0 Å². The molecule has 0 saturated carbocycles. The molecule has 0 spiro atoms. The summed E-state index contributed by atoms with van der Waals surface area (Å²) in [7, 11) is 0. The van der Waals surface area contributed by atoms with E-state index in [0.29, 0.717) is 16.6 Å². The molecular weight excluding hydrogens is 399 g/mol. The molecule has 7 nitrogen and oxygen atoms in total. The predicted molar refractivity (Wildman–Crippen MR) is 103 cm³/mol. The number of aromatic nitrogens is 4. The van der Waals surface area contributed by atoms with Crippen molar-refractivity contribution in [1.82, 2.24) is 19.7 Å². The molecule has 2 aromatic heterocycles. The van der Waals surface area contributed by atoms with Crippen LogP contribution in [0.25, 0.3) is 28.1 Å². The van der Waals surface area contributed by atoms with E-state index < -0.39 is 28.8 Å². The number of nitrogens with two attached hydrogens (primary N) is 1. The van der Waals surface area contributed by atoms with E-state index in [-0.39, 0.29) is 17.2 Å². The number of amides is 1. The van der Waals surface area contributed by atoms with Gasteiger partial charge in [0, 0.05) is 11.1 Å². The largest absolute Gasteiger partial charge is 0.417 e. The van der Waals surface area contributed by atoms with Gasteiger partial charge in [0.2, 0.25) is 11.9 Å². The van der Waals surface area contributed by atoms with Crippen molar-refractivity contribution >= 4 is 16.8 Å². The van der Waals surface area contributed by atoms with Crippen molar-refractivity contribution < 1.29 is 18.0 Å². The Hall–Kier alpha value is -3.95. The first-order chi connectivity index (χ1) is 14.2. The third kappa shape index (κ3) is 3.21. The number of halogens is 3. The van der Waals surface area contributed by atoms with Crippen molar-refractivity contribution in [2.24, 2.45) is 5.73 Å². The number of carbonyl (C=O) groups excluding carboxylic acids is 1. The summed E-state index contributed by atoms with van der Waals surface area (Å²) in [5.74, 6) is -1.12. The maximum absolute atomic E-state index is 13.7. The second-order valence-electron chi connectivity index (χ2n) is 6.58. The minimum absolute atomic E-state index is 0.0762. The SMILES string of the molecule is Cc1cc(-c2c(C(N)=O)cccc2C(F)(F)F)n(-c2nc3ccccc3c(=O)[nH]2)n1. The van der Waals surface area contributed by atoms with Crippen LogP contribution in [-0.2, 0) is 6.18 Å². The molecule has 0 atom stereocenters. The molecule has 2 aromatic carbocycles. The first kappa shape index (κ1) is 19.4. The monoisotopic (exact) mass is 413 g/mol. The number of benzene rings is 2. The Balaban J connectivity index is 2.06. The molecule has 0 radical (unpaired) electrons. The molecule has 0 aliphatic heterocycles. The molecule has 0 aliphatic rings. The van der Waals surface area contributed by atoms with Gasteiger partial charge in [0.25, 0.3) is 5.56 Å².